The second-order valence-electron chi connectivity index (χ2n) is 8.94. The zero-order chi connectivity index (χ0) is 28.6. The lowest BCUT2D eigenvalue weighted by Gasteiger charge is -2.15. The van der Waals surface area contributed by atoms with Crippen molar-refractivity contribution in [3.63, 3.8) is 0 Å². The van der Waals surface area contributed by atoms with E-state index in [4.69, 9.17) is 4.74 Å². The molecule has 208 valence electrons. The van der Waals surface area contributed by atoms with Gasteiger partial charge in [-0.05, 0) is 29.3 Å². The number of anilines is 4. The van der Waals surface area contributed by atoms with E-state index in [0.29, 0.717) is 22.8 Å². The zero-order valence-electron chi connectivity index (χ0n) is 21.6. The second kappa shape index (κ2) is 10.7. The highest BCUT2D eigenvalue weighted by molar-refractivity contribution is 5.92. The number of methoxy groups -OCH3 is 1. The molecule has 0 saturated heterocycles. The smallest absolute Gasteiger partial charge is 0.295 e. The number of fused-ring (bicyclic) bond motifs is 1. The Balaban J connectivity index is 1.58. The summed E-state index contributed by atoms with van der Waals surface area (Å²) in [6.07, 6.45) is -5.66. The van der Waals surface area contributed by atoms with Crippen LogP contribution in [0.1, 0.15) is 49.7 Å². The van der Waals surface area contributed by atoms with Crippen molar-refractivity contribution in [1.29, 1.82) is 0 Å². The average Bonchev–Trinajstić information content (AvgIpc) is 3.55. The number of alkyl halides is 4. The number of aryl methyl sites for hydroxylation is 1. The minimum atomic E-state index is -2.89. The van der Waals surface area contributed by atoms with E-state index in [1.165, 1.54) is 24.0 Å². The Kier molecular flexibility index (Phi) is 7.15. The first-order chi connectivity index (χ1) is 19.1. The van der Waals surface area contributed by atoms with Crippen LogP contribution in [0.15, 0.2) is 30.3 Å². The molecule has 0 aliphatic carbocycles. The monoisotopic (exact) mass is 557 g/mol. The van der Waals surface area contributed by atoms with Gasteiger partial charge in [-0.2, -0.15) is 9.90 Å². The number of para-hydroxylation sites is 1. The number of benzene rings is 1. The summed E-state index contributed by atoms with van der Waals surface area (Å²) in [4.78, 5) is 12.1. The van der Waals surface area contributed by atoms with Crippen molar-refractivity contribution in [2.45, 2.75) is 32.6 Å². The van der Waals surface area contributed by atoms with Crippen molar-refractivity contribution in [1.82, 2.24) is 45.4 Å². The van der Waals surface area contributed by atoms with Gasteiger partial charge >= 0.3 is 0 Å². The Labute approximate surface area is 224 Å². The van der Waals surface area contributed by atoms with E-state index in [1.807, 2.05) is 0 Å². The molecule has 0 radical (unpaired) electrons. The summed E-state index contributed by atoms with van der Waals surface area (Å²) in [7, 11) is 3.08. The molecule has 0 aliphatic rings. The molecule has 5 rings (SSSR count). The molecule has 0 saturated carbocycles. The highest BCUT2D eigenvalue weighted by atomic mass is 19.3. The van der Waals surface area contributed by atoms with E-state index < -0.39 is 18.7 Å². The predicted molar refractivity (Wildman–Crippen MR) is 137 cm³/mol. The molecule has 5 aromatic rings. The number of nitrogens with zero attached hydrogens (tertiary/aromatic N) is 8. The van der Waals surface area contributed by atoms with E-state index in [2.05, 4.69) is 51.2 Å². The summed E-state index contributed by atoms with van der Waals surface area (Å²) >= 11 is 0. The Hall–Kier alpha value is -4.89. The van der Waals surface area contributed by atoms with Crippen LogP contribution >= 0.6 is 0 Å². The lowest BCUT2D eigenvalue weighted by Crippen LogP contribution is -2.06. The van der Waals surface area contributed by atoms with Gasteiger partial charge in [0.2, 0.25) is 5.82 Å². The van der Waals surface area contributed by atoms with Crippen LogP contribution in [0.2, 0.25) is 0 Å². The average molecular weight is 558 g/mol. The molecule has 3 N–H and O–H groups in total. The number of halogens is 4. The van der Waals surface area contributed by atoms with Crippen molar-refractivity contribution in [2.75, 3.05) is 17.7 Å². The van der Waals surface area contributed by atoms with Gasteiger partial charge in [0.1, 0.15) is 11.3 Å². The first kappa shape index (κ1) is 26.7. The predicted octanol–water partition coefficient (Wildman–Crippen LogP) is 5.43. The molecule has 4 aromatic heterocycles. The second-order valence-corrected chi connectivity index (χ2v) is 8.94. The van der Waals surface area contributed by atoms with Gasteiger partial charge in [0.25, 0.3) is 12.9 Å². The molecule has 12 nitrogen and oxygen atoms in total. The van der Waals surface area contributed by atoms with Gasteiger partial charge < -0.3 is 20.4 Å². The molecule has 0 spiro atoms. The minimum Gasteiger partial charge on any atom is -0.494 e. The Morgan fingerprint density at radius 2 is 1.73 bits per heavy atom. The molecule has 0 bridgehead atoms. The summed E-state index contributed by atoms with van der Waals surface area (Å²) in [5, 5.41) is 26.0. The van der Waals surface area contributed by atoms with Crippen molar-refractivity contribution in [3.05, 3.63) is 47.4 Å². The first-order valence-electron chi connectivity index (χ1n) is 11.9. The maximum atomic E-state index is 13.7. The van der Waals surface area contributed by atoms with E-state index in [9.17, 15) is 17.6 Å². The largest absolute Gasteiger partial charge is 0.494 e. The zero-order valence-corrected chi connectivity index (χ0v) is 21.6. The summed E-state index contributed by atoms with van der Waals surface area (Å²) in [5.74, 6) is -0.0828. The minimum absolute atomic E-state index is 0.000553. The molecule has 4 heterocycles. The fraction of sp³-hybridized carbons (Fsp3) is 0.292. The van der Waals surface area contributed by atoms with Crippen molar-refractivity contribution in [2.24, 2.45) is 7.05 Å². The normalized spacial score (nSPS) is 11.7. The van der Waals surface area contributed by atoms with Gasteiger partial charge in [-0.1, -0.05) is 19.9 Å². The van der Waals surface area contributed by atoms with Gasteiger partial charge in [0, 0.05) is 11.6 Å². The van der Waals surface area contributed by atoms with E-state index >= 15 is 0 Å². The van der Waals surface area contributed by atoms with E-state index in [1.54, 1.807) is 39.1 Å². The number of ether oxygens (including phenoxy) is 1. The van der Waals surface area contributed by atoms with E-state index in [-0.39, 0.29) is 45.7 Å². The maximum Gasteiger partial charge on any atom is 0.295 e. The van der Waals surface area contributed by atoms with Crippen molar-refractivity contribution < 1.29 is 22.3 Å². The SMILES string of the molecule is COc1c(Nc2cc(Nc3cc(C(F)F)c(C(C)C)nn3)nc3[nH]c(C(F)F)nc23)cccc1-c1nnn(C)n1. The van der Waals surface area contributed by atoms with Crippen LogP contribution in [0.25, 0.3) is 22.6 Å². The van der Waals surface area contributed by atoms with Crippen LogP contribution in [0.5, 0.6) is 5.75 Å². The quantitative estimate of drug-likeness (QED) is 0.201. The number of hydrogen-bond acceptors (Lipinski definition) is 10. The van der Waals surface area contributed by atoms with Crippen LogP contribution in [0, 0.1) is 0 Å². The lowest BCUT2D eigenvalue weighted by atomic mass is 10.1. The van der Waals surface area contributed by atoms with Crippen LogP contribution in [-0.4, -0.2) is 52.5 Å². The molecule has 0 atom stereocenters. The van der Waals surface area contributed by atoms with Gasteiger partial charge in [-0.15, -0.1) is 15.3 Å². The van der Waals surface area contributed by atoms with Crippen LogP contribution in [0.3, 0.4) is 0 Å². The molecular formula is C24H23F4N11O. The summed E-state index contributed by atoms with van der Waals surface area (Å²) < 4.78 is 60.0. The van der Waals surface area contributed by atoms with Crippen molar-refractivity contribution >= 4 is 34.2 Å². The van der Waals surface area contributed by atoms with Crippen LogP contribution in [0.4, 0.5) is 40.6 Å². The number of H-pyrrole nitrogens is 1. The fourth-order valence-corrected chi connectivity index (χ4v) is 4.07. The third-order valence-electron chi connectivity index (χ3n) is 5.81. The van der Waals surface area contributed by atoms with Gasteiger partial charge in [-0.3, -0.25) is 0 Å². The highest BCUT2D eigenvalue weighted by Gasteiger charge is 2.22. The number of pyridine rings is 1. The Bertz CT molecular complexity index is 1670. The molecular weight excluding hydrogens is 534 g/mol. The number of imidazole rings is 1. The molecule has 16 heteroatoms. The van der Waals surface area contributed by atoms with Gasteiger partial charge in [0.05, 0.1) is 36.8 Å². The Morgan fingerprint density at radius 3 is 2.38 bits per heavy atom. The summed E-state index contributed by atoms with van der Waals surface area (Å²) in [6, 6.07) is 7.82. The third kappa shape index (κ3) is 5.19. The van der Waals surface area contributed by atoms with Crippen LogP contribution < -0.4 is 15.4 Å². The molecule has 1 aromatic carbocycles. The molecule has 0 aliphatic heterocycles. The molecule has 0 unspecified atom stereocenters. The number of rotatable bonds is 9. The number of hydrogen-bond donors (Lipinski definition) is 3. The third-order valence-corrected chi connectivity index (χ3v) is 5.81. The topological polar surface area (TPSA) is 144 Å². The number of aromatic amines is 1. The maximum absolute atomic E-state index is 13.7. The first-order valence-corrected chi connectivity index (χ1v) is 11.9. The van der Waals surface area contributed by atoms with Gasteiger partial charge in [-0.25, -0.2) is 27.5 Å². The number of aromatic nitrogens is 9. The number of nitrogens with one attached hydrogen (secondary N) is 3. The lowest BCUT2D eigenvalue weighted by molar-refractivity contribution is 0.142. The van der Waals surface area contributed by atoms with E-state index in [0.717, 1.165) is 0 Å². The Morgan fingerprint density at radius 1 is 0.925 bits per heavy atom. The summed E-state index contributed by atoms with van der Waals surface area (Å²) in [5.41, 5.74) is 1.26. The molecule has 0 fully saturated rings. The summed E-state index contributed by atoms with van der Waals surface area (Å²) in [6.45, 7) is 3.47. The standard InChI is InChI=1S/C24H23F4N11O/c1-10(2)17-12(20(25)26)8-16(34-35-17)30-15-9-14(18-23(31-15)33-24(32-18)21(27)28)29-13-7-5-6-11(19(13)40-4)22-36-38-39(3)37-22/h5-10,20-21H,1-4H3,(H3,29,30,31,32,33,34). The van der Waals surface area contributed by atoms with Crippen LogP contribution in [-0.2, 0) is 7.05 Å². The van der Waals surface area contributed by atoms with Crippen molar-refractivity contribution in [3.8, 4) is 17.1 Å². The van der Waals surface area contributed by atoms with Gasteiger partial charge in [0.15, 0.2) is 23.0 Å². The number of tetrazole rings is 1. The molecule has 40 heavy (non-hydrogen) atoms. The molecule has 0 amide bonds. The fourth-order valence-electron chi connectivity index (χ4n) is 4.07. The highest BCUT2D eigenvalue weighted by Crippen LogP contribution is 2.38.